The Balaban J connectivity index is 0.000000253. The summed E-state index contributed by atoms with van der Waals surface area (Å²) >= 11 is 0. The fourth-order valence-electron chi connectivity index (χ4n) is 6.94. The van der Waals surface area contributed by atoms with E-state index in [9.17, 15) is 0 Å². The van der Waals surface area contributed by atoms with Gasteiger partial charge in [0.05, 0.1) is 5.39 Å². The predicted molar refractivity (Wildman–Crippen MR) is 209 cm³/mol. The second-order valence-corrected chi connectivity index (χ2v) is 12.5. The van der Waals surface area contributed by atoms with Crippen LogP contribution in [0.15, 0.2) is 168 Å². The largest absolute Gasteiger partial charge is 0.456 e. The number of benzene rings is 6. The first-order chi connectivity index (χ1) is 25.2. The fourth-order valence-corrected chi connectivity index (χ4v) is 6.94. The molecule has 1 aliphatic heterocycles. The molecule has 10 rings (SSSR count). The van der Waals surface area contributed by atoms with Gasteiger partial charge >= 0.3 is 0 Å². The molecular weight excluding hydrogens is 815 g/mol. The Bertz CT molecular complexity index is 2620. The van der Waals surface area contributed by atoms with Gasteiger partial charge in [-0.25, -0.2) is 0 Å². The number of nitrogens with one attached hydrogen (secondary N) is 1. The summed E-state index contributed by atoms with van der Waals surface area (Å²) in [5, 5.41) is 6.03. The number of anilines is 2. The average molecular weight is 846 g/mol. The molecule has 5 heteroatoms. The number of fused-ring (bicyclic) bond motifs is 10. The quantitative estimate of drug-likeness (QED) is 0.180. The summed E-state index contributed by atoms with van der Waals surface area (Å²) in [6.07, 6.45) is 3.62. The van der Waals surface area contributed by atoms with Gasteiger partial charge in [0.25, 0.3) is 0 Å². The second kappa shape index (κ2) is 14.2. The Hall–Kier alpha value is -6.13. The molecule has 52 heavy (non-hydrogen) atoms. The maximum Gasteiger partial charge on any atom is 0.137 e. The number of para-hydroxylation sites is 1. The molecule has 0 spiro atoms. The molecule has 0 amide bonds. The van der Waals surface area contributed by atoms with Crippen molar-refractivity contribution >= 4 is 33.3 Å². The number of hydrogen-bond acceptors (Lipinski definition) is 4. The topological polar surface area (TPSA) is 51.0 Å². The zero-order valence-electron chi connectivity index (χ0n) is 28.2. The molecule has 3 aromatic heterocycles. The van der Waals surface area contributed by atoms with Crippen molar-refractivity contribution in [1.82, 2.24) is 9.97 Å². The van der Waals surface area contributed by atoms with Gasteiger partial charge in [-0.2, -0.15) is 0 Å². The third kappa shape index (κ3) is 6.11. The van der Waals surface area contributed by atoms with Crippen LogP contribution in [-0.2, 0) is 20.1 Å². The van der Waals surface area contributed by atoms with Gasteiger partial charge in [-0.3, -0.25) is 0 Å². The summed E-state index contributed by atoms with van der Waals surface area (Å²) in [5.41, 5.74) is 16.0. The molecule has 0 fully saturated rings. The zero-order chi connectivity index (χ0) is 34.1. The zero-order valence-corrected chi connectivity index (χ0v) is 30.6. The maximum absolute atomic E-state index is 6.28. The summed E-state index contributed by atoms with van der Waals surface area (Å²) in [5.74, 6) is 0. The van der Waals surface area contributed by atoms with Gasteiger partial charge < -0.3 is 19.7 Å². The molecule has 1 radical (unpaired) electrons. The van der Waals surface area contributed by atoms with E-state index in [1.165, 1.54) is 27.8 Å². The Kier molecular flexibility index (Phi) is 9.05. The molecule has 251 valence electrons. The van der Waals surface area contributed by atoms with Crippen LogP contribution in [0.2, 0.25) is 0 Å². The van der Waals surface area contributed by atoms with Crippen molar-refractivity contribution in [1.29, 1.82) is 0 Å². The summed E-state index contributed by atoms with van der Waals surface area (Å²) < 4.78 is 6.28. The van der Waals surface area contributed by atoms with E-state index >= 15 is 0 Å². The van der Waals surface area contributed by atoms with Crippen molar-refractivity contribution in [2.75, 3.05) is 5.32 Å². The Labute approximate surface area is 316 Å². The van der Waals surface area contributed by atoms with E-state index in [-0.39, 0.29) is 20.1 Å². The van der Waals surface area contributed by atoms with Gasteiger partial charge in [-0.1, -0.05) is 78.4 Å². The molecule has 2 bridgehead atoms. The van der Waals surface area contributed by atoms with Crippen molar-refractivity contribution in [3.63, 3.8) is 0 Å². The summed E-state index contributed by atoms with van der Waals surface area (Å²) in [7, 11) is 0. The smallest absolute Gasteiger partial charge is 0.137 e. The number of furan rings is 1. The van der Waals surface area contributed by atoms with Gasteiger partial charge in [0.1, 0.15) is 11.2 Å². The molecule has 1 N–H and O–H groups in total. The van der Waals surface area contributed by atoms with Crippen LogP contribution in [0.4, 0.5) is 11.4 Å². The van der Waals surface area contributed by atoms with Crippen LogP contribution in [0.25, 0.3) is 77.8 Å². The minimum atomic E-state index is 0. The first-order valence-corrected chi connectivity index (χ1v) is 17.0. The maximum atomic E-state index is 6.28. The standard InChI is InChI=1S/C36H23N2O.C11H8N.Ir/c1-22-28-20-25(23-9-3-2-4-10-23)21-29(22)30-19-24(31-12-7-8-18-37-31)14-16-32(30)38-36-26(28)15-17-34-35(36)27-11-5-6-13-33(27)39-34;1-2-6-10(7-3-1)11-8-4-5-9-12-11;/h2-13,15-21,38H,1H3;1-6,8-9H;/q2*-1;. The van der Waals surface area contributed by atoms with Crippen molar-refractivity contribution < 1.29 is 24.5 Å². The molecule has 1 aliphatic rings. The Morgan fingerprint density at radius 1 is 0.558 bits per heavy atom. The monoisotopic (exact) mass is 846 g/mol. The average Bonchev–Trinajstić information content (AvgIpc) is 3.59. The molecule has 6 aromatic carbocycles. The molecule has 0 atom stereocenters. The van der Waals surface area contributed by atoms with Gasteiger partial charge in [0.15, 0.2) is 0 Å². The minimum absolute atomic E-state index is 0. The van der Waals surface area contributed by atoms with E-state index in [2.05, 4.69) is 113 Å². The molecular formula is C47H31IrN3O-2. The third-order valence-corrected chi connectivity index (χ3v) is 9.44. The first-order valence-electron chi connectivity index (χ1n) is 17.0. The van der Waals surface area contributed by atoms with Gasteiger partial charge in [-0.05, 0) is 94.3 Å². The molecule has 0 saturated carbocycles. The number of nitrogens with zero attached hydrogens (tertiary/aromatic N) is 2. The Morgan fingerprint density at radius 3 is 1.98 bits per heavy atom. The summed E-state index contributed by atoms with van der Waals surface area (Å²) in [4.78, 5) is 8.82. The van der Waals surface area contributed by atoms with E-state index in [0.29, 0.717) is 0 Å². The van der Waals surface area contributed by atoms with E-state index in [0.717, 1.165) is 67.0 Å². The molecule has 0 aliphatic carbocycles. The van der Waals surface area contributed by atoms with E-state index in [1.807, 2.05) is 79.0 Å². The number of rotatable bonds is 3. The number of pyridine rings is 2. The van der Waals surface area contributed by atoms with Crippen LogP contribution in [0, 0.1) is 19.1 Å². The molecule has 0 unspecified atom stereocenters. The van der Waals surface area contributed by atoms with Crippen LogP contribution in [0.1, 0.15) is 5.56 Å². The van der Waals surface area contributed by atoms with E-state index in [1.54, 1.807) is 6.20 Å². The third-order valence-electron chi connectivity index (χ3n) is 9.44. The van der Waals surface area contributed by atoms with Crippen LogP contribution in [-0.4, -0.2) is 9.97 Å². The van der Waals surface area contributed by atoms with Gasteiger partial charge in [-0.15, -0.1) is 59.7 Å². The van der Waals surface area contributed by atoms with Gasteiger partial charge in [0.2, 0.25) is 0 Å². The molecule has 9 aromatic rings. The number of aromatic nitrogens is 2. The minimum Gasteiger partial charge on any atom is -0.456 e. The van der Waals surface area contributed by atoms with Crippen molar-refractivity contribution in [3.8, 4) is 55.9 Å². The normalized spacial score (nSPS) is 11.2. The number of hydrogen-bond donors (Lipinski definition) is 1. The van der Waals surface area contributed by atoms with E-state index in [4.69, 9.17) is 4.42 Å². The van der Waals surface area contributed by atoms with Crippen LogP contribution in [0.5, 0.6) is 0 Å². The van der Waals surface area contributed by atoms with Crippen LogP contribution >= 0.6 is 0 Å². The van der Waals surface area contributed by atoms with Crippen LogP contribution < -0.4 is 5.32 Å². The predicted octanol–water partition coefficient (Wildman–Crippen LogP) is 12.4. The Morgan fingerprint density at radius 2 is 1.25 bits per heavy atom. The molecule has 4 heterocycles. The SMILES string of the molecule is Cc1c2cc(-c3ccccc3)cc1-c1ccc3oc4ccccc4c3c1Nc1c[c-]c(-c3ccccn3)cc1-2.[Ir].[c-]1ccccc1-c1ccccn1. The summed E-state index contributed by atoms with van der Waals surface area (Å²) in [6, 6.07) is 58.4. The molecule has 4 nitrogen and oxygen atoms in total. The van der Waals surface area contributed by atoms with Crippen molar-refractivity contribution in [3.05, 3.63) is 182 Å². The van der Waals surface area contributed by atoms with Crippen molar-refractivity contribution in [2.45, 2.75) is 6.92 Å². The summed E-state index contributed by atoms with van der Waals surface area (Å²) in [6.45, 7) is 2.23. The molecule has 0 saturated heterocycles. The van der Waals surface area contributed by atoms with E-state index < -0.39 is 0 Å². The fraction of sp³-hybridized carbons (Fsp3) is 0.0213. The second-order valence-electron chi connectivity index (χ2n) is 12.5. The first kappa shape index (κ1) is 33.0. The van der Waals surface area contributed by atoms with Crippen LogP contribution in [0.3, 0.4) is 0 Å². The van der Waals surface area contributed by atoms with Crippen molar-refractivity contribution in [2.24, 2.45) is 0 Å². The van der Waals surface area contributed by atoms with Gasteiger partial charge in [0, 0.05) is 49.1 Å².